The number of aromatic amines is 1. The van der Waals surface area contributed by atoms with E-state index in [4.69, 9.17) is 10.7 Å². The Labute approximate surface area is 161 Å². The molecule has 0 radical (unpaired) electrons. The normalized spacial score (nSPS) is 10.9. The SMILES string of the molecule is Cc1ccc2nc(-c3c(N)sc(C#N)c3-c3ccc(N(C)C)cc3)[nH]c2c1. The number of fused-ring (bicyclic) bond motifs is 1. The summed E-state index contributed by atoms with van der Waals surface area (Å²) in [5.74, 6) is 0.692. The van der Waals surface area contributed by atoms with Gasteiger partial charge in [-0.2, -0.15) is 5.26 Å². The van der Waals surface area contributed by atoms with E-state index >= 15 is 0 Å². The Morgan fingerprint density at radius 3 is 2.52 bits per heavy atom. The molecule has 0 amide bonds. The monoisotopic (exact) mass is 373 g/mol. The lowest BCUT2D eigenvalue weighted by Gasteiger charge is -2.13. The molecule has 0 saturated heterocycles. The molecule has 0 atom stereocenters. The summed E-state index contributed by atoms with van der Waals surface area (Å²) in [6.07, 6.45) is 0. The van der Waals surface area contributed by atoms with E-state index in [0.717, 1.165) is 39.0 Å². The maximum absolute atomic E-state index is 9.65. The molecular formula is C21H19N5S. The fraction of sp³-hybridized carbons (Fsp3) is 0.143. The highest BCUT2D eigenvalue weighted by atomic mass is 32.1. The van der Waals surface area contributed by atoms with Crippen molar-refractivity contribution < 1.29 is 0 Å². The van der Waals surface area contributed by atoms with Crippen molar-refractivity contribution in [3.05, 3.63) is 52.9 Å². The van der Waals surface area contributed by atoms with Crippen LogP contribution in [0.4, 0.5) is 10.7 Å². The largest absolute Gasteiger partial charge is 0.390 e. The van der Waals surface area contributed by atoms with Gasteiger partial charge in [-0.15, -0.1) is 11.3 Å². The molecule has 0 bridgehead atoms. The average molecular weight is 373 g/mol. The summed E-state index contributed by atoms with van der Waals surface area (Å²) in [7, 11) is 4.00. The van der Waals surface area contributed by atoms with Crippen LogP contribution in [0.2, 0.25) is 0 Å². The second-order valence-corrected chi connectivity index (χ2v) is 7.76. The molecule has 4 rings (SSSR count). The lowest BCUT2D eigenvalue weighted by atomic mass is 10.0. The number of aryl methyl sites for hydroxylation is 1. The first kappa shape index (κ1) is 17.1. The molecule has 5 nitrogen and oxygen atoms in total. The van der Waals surface area contributed by atoms with E-state index < -0.39 is 0 Å². The second kappa shape index (κ2) is 6.45. The van der Waals surface area contributed by atoms with Crippen LogP contribution in [0.15, 0.2) is 42.5 Å². The molecule has 0 aliphatic rings. The second-order valence-electron chi connectivity index (χ2n) is 6.70. The van der Waals surface area contributed by atoms with E-state index in [1.54, 1.807) is 0 Å². The van der Waals surface area contributed by atoms with Crippen LogP contribution < -0.4 is 10.6 Å². The van der Waals surface area contributed by atoms with Crippen LogP contribution >= 0.6 is 11.3 Å². The number of nitrogen functional groups attached to an aromatic ring is 1. The van der Waals surface area contributed by atoms with Gasteiger partial charge in [0, 0.05) is 25.3 Å². The Kier molecular flexibility index (Phi) is 4.09. The van der Waals surface area contributed by atoms with Crippen LogP contribution in [0.5, 0.6) is 0 Å². The Hall–Kier alpha value is -3.30. The minimum Gasteiger partial charge on any atom is -0.390 e. The molecule has 0 saturated carbocycles. The minimum atomic E-state index is 0.592. The molecule has 2 aromatic carbocycles. The lowest BCUT2D eigenvalue weighted by Crippen LogP contribution is -2.07. The Balaban J connectivity index is 1.92. The summed E-state index contributed by atoms with van der Waals surface area (Å²) < 4.78 is 0. The number of nitrogens with zero attached hydrogens (tertiary/aromatic N) is 3. The van der Waals surface area contributed by atoms with Crippen molar-refractivity contribution in [2.75, 3.05) is 24.7 Å². The predicted molar refractivity (Wildman–Crippen MR) is 113 cm³/mol. The van der Waals surface area contributed by atoms with Crippen molar-refractivity contribution >= 4 is 33.1 Å². The van der Waals surface area contributed by atoms with Crippen molar-refractivity contribution in [1.29, 1.82) is 5.26 Å². The van der Waals surface area contributed by atoms with Gasteiger partial charge in [-0.25, -0.2) is 4.98 Å². The smallest absolute Gasteiger partial charge is 0.142 e. The molecule has 0 fully saturated rings. The van der Waals surface area contributed by atoms with E-state index in [1.165, 1.54) is 11.3 Å². The molecule has 134 valence electrons. The zero-order valence-corrected chi connectivity index (χ0v) is 16.2. The zero-order chi connectivity index (χ0) is 19.1. The minimum absolute atomic E-state index is 0.592. The van der Waals surface area contributed by atoms with E-state index in [1.807, 2.05) is 62.3 Å². The van der Waals surface area contributed by atoms with Crippen molar-refractivity contribution in [3.63, 3.8) is 0 Å². The van der Waals surface area contributed by atoms with Crippen LogP contribution in [-0.4, -0.2) is 24.1 Å². The third-order valence-electron chi connectivity index (χ3n) is 4.58. The van der Waals surface area contributed by atoms with Gasteiger partial charge < -0.3 is 15.6 Å². The number of nitriles is 1. The predicted octanol–water partition coefficient (Wildman–Crippen LogP) is 4.79. The number of hydrogen-bond acceptors (Lipinski definition) is 5. The topological polar surface area (TPSA) is 81.7 Å². The summed E-state index contributed by atoms with van der Waals surface area (Å²) in [4.78, 5) is 10.7. The number of H-pyrrole nitrogens is 1. The number of nitrogens with one attached hydrogen (secondary N) is 1. The highest BCUT2D eigenvalue weighted by Crippen LogP contribution is 2.44. The molecular weight excluding hydrogens is 354 g/mol. The number of rotatable bonds is 3. The van der Waals surface area contributed by atoms with Crippen molar-refractivity contribution in [2.45, 2.75) is 6.92 Å². The Morgan fingerprint density at radius 1 is 1.11 bits per heavy atom. The molecule has 0 spiro atoms. The molecule has 3 N–H and O–H groups in total. The zero-order valence-electron chi connectivity index (χ0n) is 15.4. The van der Waals surface area contributed by atoms with Crippen LogP contribution in [0.25, 0.3) is 33.5 Å². The van der Waals surface area contributed by atoms with E-state index in [-0.39, 0.29) is 0 Å². The van der Waals surface area contributed by atoms with Crippen molar-refractivity contribution in [2.24, 2.45) is 0 Å². The van der Waals surface area contributed by atoms with E-state index in [0.29, 0.717) is 15.7 Å². The number of thiophene rings is 1. The summed E-state index contributed by atoms with van der Waals surface area (Å²) in [6, 6.07) is 16.5. The van der Waals surface area contributed by atoms with Crippen LogP contribution in [0.3, 0.4) is 0 Å². The summed E-state index contributed by atoms with van der Waals surface area (Å²) in [5.41, 5.74) is 13.0. The molecule has 2 aromatic heterocycles. The fourth-order valence-electron chi connectivity index (χ4n) is 3.21. The standard InChI is InChI=1S/C21H19N5S/c1-12-4-9-15-16(10-12)25-21(24-15)19-18(17(11-22)27-20(19)23)13-5-7-14(8-6-13)26(2)3/h4-10H,23H2,1-3H3,(H,24,25). The van der Waals surface area contributed by atoms with Gasteiger partial charge >= 0.3 is 0 Å². The number of imidazole rings is 1. The van der Waals surface area contributed by atoms with E-state index in [9.17, 15) is 5.26 Å². The van der Waals surface area contributed by atoms with Gasteiger partial charge in [-0.1, -0.05) is 18.2 Å². The first-order valence-electron chi connectivity index (χ1n) is 8.55. The van der Waals surface area contributed by atoms with Gasteiger partial charge in [0.1, 0.15) is 16.8 Å². The average Bonchev–Trinajstić information content (AvgIpc) is 3.21. The number of anilines is 2. The molecule has 4 aromatic rings. The number of nitrogens with two attached hydrogens (primary N) is 1. The van der Waals surface area contributed by atoms with Gasteiger partial charge in [-0.3, -0.25) is 0 Å². The van der Waals surface area contributed by atoms with Gasteiger partial charge in [0.05, 0.1) is 21.6 Å². The molecule has 6 heteroatoms. The van der Waals surface area contributed by atoms with Gasteiger partial charge in [0.2, 0.25) is 0 Å². The molecule has 27 heavy (non-hydrogen) atoms. The van der Waals surface area contributed by atoms with Crippen LogP contribution in [0, 0.1) is 18.3 Å². The van der Waals surface area contributed by atoms with E-state index in [2.05, 4.69) is 17.1 Å². The van der Waals surface area contributed by atoms with Crippen molar-refractivity contribution in [1.82, 2.24) is 9.97 Å². The molecule has 2 heterocycles. The van der Waals surface area contributed by atoms with Crippen LogP contribution in [0.1, 0.15) is 10.4 Å². The maximum Gasteiger partial charge on any atom is 0.142 e. The number of hydrogen-bond donors (Lipinski definition) is 2. The Morgan fingerprint density at radius 2 is 1.85 bits per heavy atom. The molecule has 0 aliphatic carbocycles. The highest BCUT2D eigenvalue weighted by molar-refractivity contribution is 7.17. The first-order chi connectivity index (χ1) is 13.0. The first-order valence-corrected chi connectivity index (χ1v) is 9.36. The summed E-state index contributed by atoms with van der Waals surface area (Å²) >= 11 is 1.30. The number of aromatic nitrogens is 2. The van der Waals surface area contributed by atoms with Crippen LogP contribution in [-0.2, 0) is 0 Å². The fourth-order valence-corrected chi connectivity index (χ4v) is 4.09. The van der Waals surface area contributed by atoms with Gasteiger partial charge in [-0.05, 0) is 42.3 Å². The summed E-state index contributed by atoms with van der Waals surface area (Å²) in [5, 5.41) is 10.2. The highest BCUT2D eigenvalue weighted by Gasteiger charge is 2.22. The summed E-state index contributed by atoms with van der Waals surface area (Å²) in [6.45, 7) is 2.05. The molecule has 0 unspecified atom stereocenters. The van der Waals surface area contributed by atoms with Crippen molar-refractivity contribution in [3.8, 4) is 28.6 Å². The lowest BCUT2D eigenvalue weighted by molar-refractivity contribution is 1.13. The molecule has 0 aliphatic heterocycles. The third kappa shape index (κ3) is 2.92. The maximum atomic E-state index is 9.65. The third-order valence-corrected chi connectivity index (χ3v) is 5.51. The van der Waals surface area contributed by atoms with Gasteiger partial charge in [0.15, 0.2) is 0 Å². The van der Waals surface area contributed by atoms with Gasteiger partial charge in [0.25, 0.3) is 0 Å². The quantitative estimate of drug-likeness (QED) is 0.541. The Bertz CT molecular complexity index is 1180. The number of benzene rings is 2.